The third-order valence-corrected chi connectivity index (χ3v) is 6.11. The lowest BCUT2D eigenvalue weighted by Gasteiger charge is -2.25. The largest absolute Gasteiger partial charge is 0.547 e. The minimum atomic E-state index is -2.81. The second-order valence-corrected chi connectivity index (χ2v) is 9.54. The molecule has 1 aromatic carbocycles. The molecule has 0 aliphatic heterocycles. The molecule has 1 aromatic rings. The molecule has 19 heavy (non-hydrogen) atoms. The van der Waals surface area contributed by atoms with Crippen molar-refractivity contribution >= 4 is 29.1 Å². The van der Waals surface area contributed by atoms with E-state index in [9.17, 15) is 0 Å². The van der Waals surface area contributed by atoms with E-state index in [4.69, 9.17) is 17.7 Å². The van der Waals surface area contributed by atoms with Gasteiger partial charge in [0.15, 0.2) is 0 Å². The number of benzene rings is 1. The zero-order valence-corrected chi connectivity index (χ0v) is 14.4. The van der Waals surface area contributed by atoms with Crippen LogP contribution in [0, 0.1) is 0 Å². The molecule has 0 saturated heterocycles. The van der Waals surface area contributed by atoms with Crippen LogP contribution in [-0.4, -0.2) is 39.2 Å². The van der Waals surface area contributed by atoms with Gasteiger partial charge in [0, 0.05) is 32.1 Å². The first-order chi connectivity index (χ1) is 9.02. The van der Waals surface area contributed by atoms with Crippen molar-refractivity contribution in [3.63, 3.8) is 0 Å². The summed E-state index contributed by atoms with van der Waals surface area (Å²) in [6.07, 6.45) is 1.78. The van der Waals surface area contributed by atoms with E-state index in [2.05, 4.69) is 19.7 Å². The van der Waals surface area contributed by atoms with Gasteiger partial charge in [-0.3, -0.25) is 0 Å². The van der Waals surface area contributed by atoms with Crippen LogP contribution in [0.15, 0.2) is 24.8 Å². The molecule has 0 N–H and O–H groups in total. The molecular weight excluding hydrogens is 276 g/mol. The summed E-state index contributed by atoms with van der Waals surface area (Å²) in [7, 11) is 0.781. The van der Waals surface area contributed by atoms with Gasteiger partial charge in [0.2, 0.25) is 9.04 Å². The van der Waals surface area contributed by atoms with Crippen molar-refractivity contribution in [2.24, 2.45) is 0 Å². The highest BCUT2D eigenvalue weighted by atomic mass is 28.4. The van der Waals surface area contributed by atoms with Crippen molar-refractivity contribution in [3.05, 3.63) is 30.3 Å². The summed E-state index contributed by atoms with van der Waals surface area (Å²) in [5.74, 6) is 0.817. The first-order valence-corrected chi connectivity index (χ1v) is 10.6. The summed E-state index contributed by atoms with van der Waals surface area (Å²) >= 11 is 0. The molecule has 0 unspecified atom stereocenters. The van der Waals surface area contributed by atoms with E-state index in [1.807, 2.05) is 18.2 Å². The van der Waals surface area contributed by atoms with Crippen molar-refractivity contribution in [2.45, 2.75) is 13.1 Å². The molecule has 0 fully saturated rings. The molecule has 0 aromatic heterocycles. The van der Waals surface area contributed by atoms with Crippen molar-refractivity contribution in [1.82, 2.24) is 0 Å². The summed E-state index contributed by atoms with van der Waals surface area (Å²) < 4.78 is 22.4. The Labute approximate surface area is 118 Å². The van der Waals surface area contributed by atoms with Gasteiger partial charge in [0.05, 0.1) is 0 Å². The van der Waals surface area contributed by atoms with Gasteiger partial charge < -0.3 is 17.7 Å². The number of rotatable bonds is 7. The van der Waals surface area contributed by atoms with E-state index >= 15 is 0 Å². The minimum absolute atomic E-state index is 0.817. The van der Waals surface area contributed by atoms with E-state index in [0.29, 0.717) is 0 Å². The smallest absolute Gasteiger partial charge is 0.536 e. The topological polar surface area (TPSA) is 36.9 Å². The van der Waals surface area contributed by atoms with Crippen LogP contribution in [0.3, 0.4) is 0 Å². The third-order valence-electron chi connectivity index (χ3n) is 2.76. The van der Waals surface area contributed by atoms with Crippen molar-refractivity contribution < 1.29 is 17.7 Å². The molecule has 4 nitrogen and oxygen atoms in total. The molecule has 0 aliphatic carbocycles. The molecule has 0 amide bonds. The normalized spacial score (nSPS) is 11.7. The summed E-state index contributed by atoms with van der Waals surface area (Å²) in [5, 5.41) is 0.884. The zero-order valence-electron chi connectivity index (χ0n) is 12.2. The van der Waals surface area contributed by atoms with Gasteiger partial charge in [-0.05, 0) is 19.2 Å². The first-order valence-electron chi connectivity index (χ1n) is 6.12. The fourth-order valence-corrected chi connectivity index (χ4v) is 4.37. The average molecular weight is 298 g/mol. The van der Waals surface area contributed by atoms with Crippen LogP contribution < -0.4 is 9.61 Å². The van der Waals surface area contributed by atoms with Gasteiger partial charge in [0.25, 0.3) is 0 Å². The summed E-state index contributed by atoms with van der Waals surface area (Å²) in [6, 6.07) is 5.83. The molecule has 106 valence electrons. The van der Waals surface area contributed by atoms with Crippen LogP contribution in [0.1, 0.15) is 5.56 Å². The highest BCUT2D eigenvalue weighted by Crippen LogP contribution is 2.21. The van der Waals surface area contributed by atoms with Crippen LogP contribution in [-0.2, 0) is 13.3 Å². The maximum atomic E-state index is 5.93. The first kappa shape index (κ1) is 16.1. The third kappa shape index (κ3) is 3.55. The maximum absolute atomic E-state index is 5.93. The van der Waals surface area contributed by atoms with Gasteiger partial charge in [0.1, 0.15) is 5.75 Å². The lowest BCUT2D eigenvalue weighted by Crippen LogP contribution is -2.54. The Bertz CT molecular complexity index is 422. The molecule has 1 rings (SSSR count). The maximum Gasteiger partial charge on any atom is 0.536 e. The monoisotopic (exact) mass is 298 g/mol. The predicted molar refractivity (Wildman–Crippen MR) is 82.5 cm³/mol. The summed E-state index contributed by atoms with van der Waals surface area (Å²) in [4.78, 5) is 0. The van der Waals surface area contributed by atoms with Gasteiger partial charge >= 0.3 is 8.80 Å². The van der Waals surface area contributed by atoms with Crippen LogP contribution in [0.5, 0.6) is 5.75 Å². The molecule has 0 aliphatic rings. The second-order valence-electron chi connectivity index (χ2n) is 4.29. The van der Waals surface area contributed by atoms with E-state index in [0.717, 1.165) is 16.5 Å². The lowest BCUT2D eigenvalue weighted by molar-refractivity contribution is 0.140. The van der Waals surface area contributed by atoms with Crippen molar-refractivity contribution in [1.29, 1.82) is 0 Å². The lowest BCUT2D eigenvalue weighted by atomic mass is 10.2. The Morgan fingerprint density at radius 1 is 1.11 bits per heavy atom. The molecule has 0 spiro atoms. The van der Waals surface area contributed by atoms with Crippen LogP contribution in [0.4, 0.5) is 0 Å². The molecule has 0 atom stereocenters. The van der Waals surface area contributed by atoms with Gasteiger partial charge in [-0.25, -0.2) is 0 Å². The Morgan fingerprint density at radius 2 is 1.68 bits per heavy atom. The molecule has 0 heterocycles. The van der Waals surface area contributed by atoms with Crippen LogP contribution >= 0.6 is 0 Å². The molecular formula is C13H22O4Si2. The summed E-state index contributed by atoms with van der Waals surface area (Å²) in [6.45, 7) is 8.04. The Hall–Kier alpha value is -0.926. The Balaban J connectivity index is 3.26. The predicted octanol–water partition coefficient (Wildman–Crippen LogP) is 1.78. The summed E-state index contributed by atoms with van der Waals surface area (Å²) in [5.41, 5.74) is 0.969. The fourth-order valence-electron chi connectivity index (χ4n) is 1.85. The molecule has 0 bridgehead atoms. The quantitative estimate of drug-likeness (QED) is 0.719. The zero-order chi connectivity index (χ0) is 14.5. The Morgan fingerprint density at radius 3 is 2.11 bits per heavy atom. The van der Waals surface area contributed by atoms with E-state index in [-0.39, 0.29) is 0 Å². The van der Waals surface area contributed by atoms with Crippen molar-refractivity contribution in [3.8, 4) is 5.75 Å². The highest BCUT2D eigenvalue weighted by Gasteiger charge is 2.41. The minimum Gasteiger partial charge on any atom is -0.547 e. The van der Waals surface area contributed by atoms with Crippen LogP contribution in [0.2, 0.25) is 13.1 Å². The van der Waals surface area contributed by atoms with E-state index < -0.39 is 17.8 Å². The fraction of sp³-hybridized carbons (Fsp3) is 0.385. The van der Waals surface area contributed by atoms with Crippen LogP contribution in [0.25, 0.3) is 6.08 Å². The van der Waals surface area contributed by atoms with Gasteiger partial charge in [-0.1, -0.05) is 24.8 Å². The standard InChI is InChI=1S/C13H22O4Si2/c1-7-11-8-9-12(10-13(11)17-18(5)6)19(14-2,15-3)16-4/h7-10,18H,1H2,2-6H3. The number of hydrogen-bond donors (Lipinski definition) is 0. The van der Waals surface area contributed by atoms with Gasteiger partial charge in [-0.15, -0.1) is 0 Å². The molecule has 6 heteroatoms. The second kappa shape index (κ2) is 7.02. The molecule has 0 radical (unpaired) electrons. The molecule has 0 saturated carbocycles. The van der Waals surface area contributed by atoms with E-state index in [1.165, 1.54) is 0 Å². The van der Waals surface area contributed by atoms with Crippen molar-refractivity contribution in [2.75, 3.05) is 21.3 Å². The highest BCUT2D eigenvalue weighted by molar-refractivity contribution is 6.75. The Kier molecular flexibility index (Phi) is 5.96. The average Bonchev–Trinajstić information content (AvgIpc) is 2.41. The van der Waals surface area contributed by atoms with Gasteiger partial charge in [-0.2, -0.15) is 0 Å². The SMILES string of the molecule is C=Cc1ccc([Si](OC)(OC)OC)cc1O[SiH](C)C. The van der Waals surface area contributed by atoms with E-state index in [1.54, 1.807) is 27.4 Å². The number of hydrogen-bond acceptors (Lipinski definition) is 4.